The number of sulfone groups is 1. The van der Waals surface area contributed by atoms with Gasteiger partial charge < -0.3 is 5.11 Å². The Morgan fingerprint density at radius 3 is 2.00 bits per heavy atom. The molecule has 0 aromatic heterocycles. The molecule has 1 aromatic carbocycles. The lowest BCUT2D eigenvalue weighted by Crippen LogP contribution is -2.11. The molecule has 0 aliphatic rings. The van der Waals surface area contributed by atoms with Crippen LogP contribution in [0.15, 0.2) is 29.2 Å². The molecule has 0 radical (unpaired) electrons. The van der Waals surface area contributed by atoms with E-state index in [0.29, 0.717) is 10.8 Å². The molecule has 0 aliphatic carbocycles. The fourth-order valence-electron chi connectivity index (χ4n) is 1.66. The summed E-state index contributed by atoms with van der Waals surface area (Å²) in [6.45, 7) is 4.15. The van der Waals surface area contributed by atoms with Gasteiger partial charge >= 0.3 is 0 Å². The van der Waals surface area contributed by atoms with Crippen LogP contribution in [0.25, 0.3) is 0 Å². The molecular formula is C12H18O3S. The third-order valence-corrected chi connectivity index (χ3v) is 3.87. The Hall–Kier alpha value is -0.870. The normalized spacial score (nSPS) is 14.1. The van der Waals surface area contributed by atoms with Crippen LogP contribution in [-0.4, -0.2) is 26.4 Å². The monoisotopic (exact) mass is 242 g/mol. The lowest BCUT2D eigenvalue weighted by atomic mass is 9.89. The van der Waals surface area contributed by atoms with Gasteiger partial charge in [0.2, 0.25) is 0 Å². The van der Waals surface area contributed by atoms with Crippen molar-refractivity contribution >= 4 is 9.84 Å². The number of hydrogen-bond donors (Lipinski definition) is 1. The minimum Gasteiger partial charge on any atom is -0.396 e. The van der Waals surface area contributed by atoms with Crippen LogP contribution >= 0.6 is 0 Å². The van der Waals surface area contributed by atoms with Crippen molar-refractivity contribution in [2.45, 2.75) is 24.7 Å². The zero-order chi connectivity index (χ0) is 12.3. The zero-order valence-corrected chi connectivity index (χ0v) is 10.7. The van der Waals surface area contributed by atoms with Crippen LogP contribution in [0.4, 0.5) is 0 Å². The molecule has 0 spiro atoms. The van der Waals surface area contributed by atoms with Crippen molar-refractivity contribution in [2.75, 3.05) is 12.9 Å². The van der Waals surface area contributed by atoms with Gasteiger partial charge in [-0.3, -0.25) is 0 Å². The largest absolute Gasteiger partial charge is 0.396 e. The summed E-state index contributed by atoms with van der Waals surface area (Å²) in [5, 5.41) is 9.26. The summed E-state index contributed by atoms with van der Waals surface area (Å²) in [5.74, 6) is 0.391. The second-order valence-electron chi connectivity index (χ2n) is 4.37. The summed E-state index contributed by atoms with van der Waals surface area (Å²) >= 11 is 0. The third-order valence-electron chi connectivity index (χ3n) is 2.74. The predicted molar refractivity (Wildman–Crippen MR) is 64.2 cm³/mol. The number of aliphatic hydroxyl groups is 1. The van der Waals surface area contributed by atoms with E-state index >= 15 is 0 Å². The van der Waals surface area contributed by atoms with E-state index in [2.05, 4.69) is 0 Å². The van der Waals surface area contributed by atoms with Crippen LogP contribution in [-0.2, 0) is 9.84 Å². The predicted octanol–water partition coefficient (Wildman–Crippen LogP) is 1.82. The van der Waals surface area contributed by atoms with Crippen LogP contribution in [0, 0.1) is 5.92 Å². The minimum atomic E-state index is -3.13. The van der Waals surface area contributed by atoms with Crippen LogP contribution in [0.3, 0.4) is 0 Å². The molecule has 4 heteroatoms. The van der Waals surface area contributed by atoms with Crippen molar-refractivity contribution < 1.29 is 13.5 Å². The van der Waals surface area contributed by atoms with Crippen molar-refractivity contribution in [1.82, 2.24) is 0 Å². The van der Waals surface area contributed by atoms with Gasteiger partial charge in [-0.2, -0.15) is 0 Å². The maximum atomic E-state index is 11.3. The summed E-state index contributed by atoms with van der Waals surface area (Å²) in [6.07, 6.45) is 1.19. The Kier molecular flexibility index (Phi) is 4.10. The van der Waals surface area contributed by atoms with Crippen LogP contribution < -0.4 is 0 Å². The van der Waals surface area contributed by atoms with Gasteiger partial charge in [0.1, 0.15) is 0 Å². The highest BCUT2D eigenvalue weighted by Crippen LogP contribution is 2.24. The molecule has 16 heavy (non-hydrogen) atoms. The van der Waals surface area contributed by atoms with Gasteiger partial charge in [0, 0.05) is 12.2 Å². The fraction of sp³-hybridized carbons (Fsp3) is 0.500. The summed E-state index contributed by atoms with van der Waals surface area (Å²) < 4.78 is 22.5. The van der Waals surface area contributed by atoms with Crippen LogP contribution in [0.2, 0.25) is 0 Å². The molecule has 1 rings (SSSR count). The molecule has 0 aliphatic heterocycles. The lowest BCUT2D eigenvalue weighted by Gasteiger charge is -2.18. The molecule has 1 atom stereocenters. The maximum absolute atomic E-state index is 11.3. The van der Waals surface area contributed by atoms with E-state index in [4.69, 9.17) is 0 Å². The molecule has 1 aromatic rings. The molecule has 0 saturated heterocycles. The van der Waals surface area contributed by atoms with Crippen molar-refractivity contribution in [3.63, 3.8) is 0 Å². The molecule has 0 bridgehead atoms. The van der Waals surface area contributed by atoms with Crippen LogP contribution in [0.1, 0.15) is 25.3 Å². The van der Waals surface area contributed by atoms with Crippen molar-refractivity contribution in [3.8, 4) is 0 Å². The molecule has 0 fully saturated rings. The van der Waals surface area contributed by atoms with Crippen LogP contribution in [0.5, 0.6) is 0 Å². The fourth-order valence-corrected chi connectivity index (χ4v) is 2.29. The topological polar surface area (TPSA) is 54.4 Å². The highest BCUT2D eigenvalue weighted by Gasteiger charge is 2.15. The van der Waals surface area contributed by atoms with E-state index in [0.717, 1.165) is 5.56 Å². The first kappa shape index (κ1) is 13.2. The smallest absolute Gasteiger partial charge is 0.175 e. The highest BCUT2D eigenvalue weighted by atomic mass is 32.2. The molecule has 0 amide bonds. The number of rotatable bonds is 4. The molecule has 0 heterocycles. The van der Waals surface area contributed by atoms with Crippen molar-refractivity contribution in [3.05, 3.63) is 29.8 Å². The van der Waals surface area contributed by atoms with E-state index in [9.17, 15) is 13.5 Å². The Morgan fingerprint density at radius 1 is 1.19 bits per heavy atom. The summed E-state index contributed by atoms with van der Waals surface area (Å²) in [6, 6.07) is 6.74. The Balaban J connectivity index is 3.03. The van der Waals surface area contributed by atoms with E-state index in [1.807, 2.05) is 13.8 Å². The van der Waals surface area contributed by atoms with Crippen molar-refractivity contribution in [2.24, 2.45) is 5.92 Å². The van der Waals surface area contributed by atoms with Crippen molar-refractivity contribution in [1.29, 1.82) is 0 Å². The van der Waals surface area contributed by atoms with Gasteiger partial charge in [-0.15, -0.1) is 0 Å². The summed E-state index contributed by atoms with van der Waals surface area (Å²) in [5.41, 5.74) is 0.977. The highest BCUT2D eigenvalue weighted by molar-refractivity contribution is 7.90. The van der Waals surface area contributed by atoms with Gasteiger partial charge in [-0.1, -0.05) is 26.0 Å². The second-order valence-corrected chi connectivity index (χ2v) is 6.39. The lowest BCUT2D eigenvalue weighted by molar-refractivity contribution is 0.237. The molecule has 3 nitrogen and oxygen atoms in total. The average molecular weight is 242 g/mol. The first-order valence-corrected chi connectivity index (χ1v) is 7.16. The molecular weight excluding hydrogens is 224 g/mol. The van der Waals surface area contributed by atoms with Gasteiger partial charge in [-0.05, 0) is 23.6 Å². The van der Waals surface area contributed by atoms with E-state index in [1.165, 1.54) is 6.26 Å². The van der Waals surface area contributed by atoms with E-state index in [-0.39, 0.29) is 12.5 Å². The quantitative estimate of drug-likeness (QED) is 0.876. The maximum Gasteiger partial charge on any atom is 0.175 e. The Morgan fingerprint density at radius 2 is 1.69 bits per heavy atom. The Bertz CT molecular complexity index is 432. The first-order chi connectivity index (χ1) is 7.36. The number of aliphatic hydroxyl groups excluding tert-OH is 1. The SMILES string of the molecule is CC(C)C(CO)c1ccc(S(C)(=O)=O)cc1. The molecule has 90 valence electrons. The van der Waals surface area contributed by atoms with E-state index in [1.54, 1.807) is 24.3 Å². The minimum absolute atomic E-state index is 0.0635. The number of benzene rings is 1. The zero-order valence-electron chi connectivity index (χ0n) is 9.84. The Labute approximate surface area is 97.0 Å². The first-order valence-electron chi connectivity index (χ1n) is 5.27. The molecule has 0 saturated carbocycles. The summed E-state index contributed by atoms with van der Waals surface area (Å²) in [4.78, 5) is 0.316. The molecule has 1 N–H and O–H groups in total. The van der Waals surface area contributed by atoms with Gasteiger partial charge in [0.15, 0.2) is 9.84 Å². The molecule has 1 unspecified atom stereocenters. The third kappa shape index (κ3) is 3.06. The standard InChI is InChI=1S/C12H18O3S/c1-9(2)12(8-13)10-4-6-11(7-5-10)16(3,14)15/h4-7,9,12-13H,8H2,1-3H3. The van der Waals surface area contributed by atoms with Gasteiger partial charge in [-0.25, -0.2) is 8.42 Å². The van der Waals surface area contributed by atoms with Gasteiger partial charge in [0.05, 0.1) is 11.5 Å². The number of hydrogen-bond acceptors (Lipinski definition) is 3. The average Bonchev–Trinajstić information content (AvgIpc) is 2.17. The second kappa shape index (κ2) is 4.97. The summed E-state index contributed by atoms with van der Waals surface area (Å²) in [7, 11) is -3.13. The van der Waals surface area contributed by atoms with Gasteiger partial charge in [0.25, 0.3) is 0 Å². The van der Waals surface area contributed by atoms with E-state index < -0.39 is 9.84 Å².